The van der Waals surface area contributed by atoms with Gasteiger partial charge in [0.25, 0.3) is 0 Å². The van der Waals surface area contributed by atoms with Crippen molar-refractivity contribution >= 4 is 0 Å². The Morgan fingerprint density at radius 1 is 1.31 bits per heavy atom. The van der Waals surface area contributed by atoms with Gasteiger partial charge in [-0.1, -0.05) is 18.6 Å². The zero-order chi connectivity index (χ0) is 9.16. The largest absolute Gasteiger partial charge is 0.393 e. The third-order valence-corrected chi connectivity index (χ3v) is 4.91. The first-order chi connectivity index (χ1) is 6.20. The Balaban J connectivity index is 1.96. The summed E-state index contributed by atoms with van der Waals surface area (Å²) < 4.78 is 0. The van der Waals surface area contributed by atoms with Crippen LogP contribution in [0.1, 0.15) is 26.7 Å². The fourth-order valence-corrected chi connectivity index (χ4v) is 4.27. The van der Waals surface area contributed by atoms with Crippen LogP contribution in [-0.4, -0.2) is 11.2 Å². The number of aliphatic hydroxyl groups is 1. The molecule has 1 nitrogen and oxygen atoms in total. The summed E-state index contributed by atoms with van der Waals surface area (Å²) in [5, 5.41) is 10.0. The van der Waals surface area contributed by atoms with Gasteiger partial charge in [0, 0.05) is 0 Å². The van der Waals surface area contributed by atoms with E-state index in [4.69, 9.17) is 0 Å². The highest BCUT2D eigenvalue weighted by Crippen LogP contribution is 2.60. The molecule has 2 fully saturated rings. The molecule has 0 aromatic rings. The fraction of sp³-hybridized carbons (Fsp3) is 0.833. The lowest BCUT2D eigenvalue weighted by Crippen LogP contribution is -2.35. The topological polar surface area (TPSA) is 20.2 Å². The lowest BCUT2D eigenvalue weighted by atomic mass is 9.73. The van der Waals surface area contributed by atoms with Gasteiger partial charge in [-0.2, -0.15) is 0 Å². The molecule has 0 radical (unpaired) electrons. The highest BCUT2D eigenvalue weighted by molar-refractivity contribution is 5.22. The average Bonchev–Trinajstić information content (AvgIpc) is 2.70. The van der Waals surface area contributed by atoms with Crippen LogP contribution in [0.25, 0.3) is 0 Å². The monoisotopic (exact) mass is 178 g/mol. The van der Waals surface area contributed by atoms with Crippen LogP contribution in [0.5, 0.6) is 0 Å². The molecule has 13 heavy (non-hydrogen) atoms. The summed E-state index contributed by atoms with van der Waals surface area (Å²) in [4.78, 5) is 0. The summed E-state index contributed by atoms with van der Waals surface area (Å²) in [5.74, 6) is 3.62. The van der Waals surface area contributed by atoms with Crippen molar-refractivity contribution < 1.29 is 5.11 Å². The Morgan fingerprint density at radius 3 is 2.85 bits per heavy atom. The number of rotatable bonds is 0. The standard InChI is InChI=1S/C12H18O/c1-6-3-4-8-9-5-10(11(6)8)12(13)7(9)2/h3,7-13H,4-5H2,1-2H3/t7-,8+,9-,10-,11-,12-/m1/s1. The predicted octanol–water partition coefficient (Wildman–Crippen LogP) is 2.22. The van der Waals surface area contributed by atoms with Crippen LogP contribution >= 0.6 is 0 Å². The van der Waals surface area contributed by atoms with E-state index in [2.05, 4.69) is 19.9 Å². The van der Waals surface area contributed by atoms with E-state index in [1.54, 1.807) is 5.57 Å². The van der Waals surface area contributed by atoms with Crippen LogP contribution in [0.3, 0.4) is 0 Å². The van der Waals surface area contributed by atoms with Crippen LogP contribution in [0.4, 0.5) is 0 Å². The van der Waals surface area contributed by atoms with E-state index in [-0.39, 0.29) is 6.10 Å². The number of aliphatic hydroxyl groups excluding tert-OH is 1. The molecule has 1 N–H and O–H groups in total. The van der Waals surface area contributed by atoms with Gasteiger partial charge in [0.15, 0.2) is 0 Å². The summed E-state index contributed by atoms with van der Waals surface area (Å²) >= 11 is 0. The van der Waals surface area contributed by atoms with Crippen LogP contribution < -0.4 is 0 Å². The van der Waals surface area contributed by atoms with Gasteiger partial charge in [-0.05, 0) is 49.4 Å². The van der Waals surface area contributed by atoms with E-state index in [0.29, 0.717) is 11.8 Å². The molecule has 1 heteroatoms. The van der Waals surface area contributed by atoms with Gasteiger partial charge in [-0.3, -0.25) is 0 Å². The molecule has 0 unspecified atom stereocenters. The summed E-state index contributed by atoms with van der Waals surface area (Å²) in [6, 6.07) is 0. The molecule has 0 spiro atoms. The Bertz CT molecular complexity index is 268. The quantitative estimate of drug-likeness (QED) is 0.564. The minimum Gasteiger partial charge on any atom is -0.393 e. The molecule has 2 bridgehead atoms. The van der Waals surface area contributed by atoms with Crippen LogP contribution in [0.15, 0.2) is 11.6 Å². The molecule has 6 atom stereocenters. The lowest BCUT2D eigenvalue weighted by molar-refractivity contribution is 0.0263. The van der Waals surface area contributed by atoms with Crippen molar-refractivity contribution in [1.82, 2.24) is 0 Å². The van der Waals surface area contributed by atoms with Crippen molar-refractivity contribution in [3.8, 4) is 0 Å². The lowest BCUT2D eigenvalue weighted by Gasteiger charge is -2.34. The van der Waals surface area contributed by atoms with Crippen molar-refractivity contribution in [2.45, 2.75) is 32.8 Å². The normalized spacial score (nSPS) is 58.2. The van der Waals surface area contributed by atoms with E-state index in [1.807, 2.05) is 0 Å². The first-order valence-corrected chi connectivity index (χ1v) is 5.55. The second-order valence-corrected chi connectivity index (χ2v) is 5.29. The second kappa shape index (κ2) is 2.38. The van der Waals surface area contributed by atoms with Crippen molar-refractivity contribution in [3.63, 3.8) is 0 Å². The molecule has 0 aromatic heterocycles. The van der Waals surface area contributed by atoms with Gasteiger partial charge in [0.05, 0.1) is 6.10 Å². The first kappa shape index (κ1) is 8.05. The molecule has 72 valence electrons. The second-order valence-electron chi connectivity index (χ2n) is 5.29. The number of fused-ring (bicyclic) bond motifs is 5. The van der Waals surface area contributed by atoms with E-state index in [1.165, 1.54) is 12.8 Å². The minimum atomic E-state index is -0.00676. The number of hydrogen-bond acceptors (Lipinski definition) is 1. The Hall–Kier alpha value is -0.300. The van der Waals surface area contributed by atoms with Crippen molar-refractivity contribution in [2.24, 2.45) is 29.6 Å². The third kappa shape index (κ3) is 0.817. The number of allylic oxidation sites excluding steroid dienone is 2. The van der Waals surface area contributed by atoms with Gasteiger partial charge in [0.2, 0.25) is 0 Å². The molecule has 0 aromatic carbocycles. The summed E-state index contributed by atoms with van der Waals surface area (Å²) in [7, 11) is 0. The average molecular weight is 178 g/mol. The Morgan fingerprint density at radius 2 is 2.08 bits per heavy atom. The van der Waals surface area contributed by atoms with Crippen LogP contribution in [0.2, 0.25) is 0 Å². The highest BCUT2D eigenvalue weighted by atomic mass is 16.3. The van der Waals surface area contributed by atoms with Crippen LogP contribution in [0, 0.1) is 29.6 Å². The van der Waals surface area contributed by atoms with Gasteiger partial charge < -0.3 is 5.11 Å². The van der Waals surface area contributed by atoms with E-state index < -0.39 is 0 Å². The minimum absolute atomic E-state index is 0.00676. The summed E-state index contributed by atoms with van der Waals surface area (Å²) in [6.07, 6.45) is 4.98. The molecular formula is C12H18O. The first-order valence-electron chi connectivity index (χ1n) is 5.55. The molecule has 0 heterocycles. The number of hydrogen-bond donors (Lipinski definition) is 1. The summed E-state index contributed by atoms with van der Waals surface area (Å²) in [5.41, 5.74) is 1.56. The van der Waals surface area contributed by atoms with Crippen molar-refractivity contribution in [2.75, 3.05) is 0 Å². The predicted molar refractivity (Wildman–Crippen MR) is 52.1 cm³/mol. The van der Waals surface area contributed by atoms with Gasteiger partial charge >= 0.3 is 0 Å². The van der Waals surface area contributed by atoms with Crippen LogP contribution in [-0.2, 0) is 0 Å². The third-order valence-electron chi connectivity index (χ3n) is 4.91. The van der Waals surface area contributed by atoms with Crippen molar-refractivity contribution in [1.29, 1.82) is 0 Å². The molecule has 0 aliphatic heterocycles. The molecule has 3 rings (SSSR count). The van der Waals surface area contributed by atoms with Gasteiger partial charge in [-0.15, -0.1) is 0 Å². The summed E-state index contributed by atoms with van der Waals surface area (Å²) in [6.45, 7) is 4.49. The van der Waals surface area contributed by atoms with Gasteiger partial charge in [-0.25, -0.2) is 0 Å². The molecule has 0 amide bonds. The SMILES string of the molecule is CC1=CC[C@H]2[C@@H]3C[C@@H]([C@H](O)[C@@H]3C)[C@H]12. The van der Waals surface area contributed by atoms with Crippen molar-refractivity contribution in [3.05, 3.63) is 11.6 Å². The highest BCUT2D eigenvalue weighted by Gasteiger charge is 2.57. The zero-order valence-corrected chi connectivity index (χ0v) is 8.40. The zero-order valence-electron chi connectivity index (χ0n) is 8.40. The molecule has 3 aliphatic carbocycles. The Kier molecular flexibility index (Phi) is 1.48. The van der Waals surface area contributed by atoms with E-state index >= 15 is 0 Å². The Labute approximate surface area is 79.8 Å². The van der Waals surface area contributed by atoms with E-state index in [0.717, 1.165) is 17.8 Å². The maximum absolute atomic E-state index is 10.0. The molecule has 2 saturated carbocycles. The maximum Gasteiger partial charge on any atom is 0.0602 e. The molecule has 3 aliphatic rings. The van der Waals surface area contributed by atoms with E-state index in [9.17, 15) is 5.11 Å². The maximum atomic E-state index is 10.0. The molecule has 0 saturated heterocycles. The fourth-order valence-electron chi connectivity index (χ4n) is 4.27. The molecular weight excluding hydrogens is 160 g/mol. The van der Waals surface area contributed by atoms with Gasteiger partial charge in [0.1, 0.15) is 0 Å². The smallest absolute Gasteiger partial charge is 0.0602 e.